The number of benzene rings is 3. The second-order valence-corrected chi connectivity index (χ2v) is 8.68. The maximum atomic E-state index is 14.0. The maximum absolute atomic E-state index is 14.0. The van der Waals surface area contributed by atoms with E-state index < -0.39 is 12.0 Å². The Morgan fingerprint density at radius 2 is 1.54 bits per heavy atom. The number of hydrogen-bond acceptors (Lipinski definition) is 6. The summed E-state index contributed by atoms with van der Waals surface area (Å²) in [7, 11) is 6.21. The van der Waals surface area contributed by atoms with Gasteiger partial charge in [0, 0.05) is 17.8 Å². The molecular formula is C29H32N2O6. The minimum Gasteiger partial charge on any atom is -0.497 e. The fourth-order valence-electron chi connectivity index (χ4n) is 4.90. The summed E-state index contributed by atoms with van der Waals surface area (Å²) in [6, 6.07) is 17.5. The zero-order chi connectivity index (χ0) is 26.5. The third-order valence-corrected chi connectivity index (χ3v) is 6.57. The topological polar surface area (TPSA) is 86.3 Å². The Bertz CT molecular complexity index is 1250. The molecule has 1 aliphatic heterocycles. The van der Waals surface area contributed by atoms with Gasteiger partial charge >= 0.3 is 0 Å². The molecule has 1 heterocycles. The molecule has 1 N–H and O–H groups in total. The van der Waals surface area contributed by atoms with Crippen LogP contribution in [-0.2, 0) is 4.79 Å². The van der Waals surface area contributed by atoms with Gasteiger partial charge in [0.25, 0.3) is 5.91 Å². The molecule has 0 radical (unpaired) electrons. The second-order valence-electron chi connectivity index (χ2n) is 8.68. The van der Waals surface area contributed by atoms with E-state index in [0.29, 0.717) is 51.9 Å². The number of nitrogens with zero attached hydrogens (tertiary/aromatic N) is 1. The molecule has 0 saturated heterocycles. The van der Waals surface area contributed by atoms with Crippen LogP contribution in [0.5, 0.6) is 23.0 Å². The van der Waals surface area contributed by atoms with Crippen LogP contribution in [0.3, 0.4) is 0 Å². The van der Waals surface area contributed by atoms with Crippen molar-refractivity contribution in [2.75, 3.05) is 40.3 Å². The first-order chi connectivity index (χ1) is 18.0. The molecule has 0 aromatic heterocycles. The molecule has 0 bridgehead atoms. The lowest BCUT2D eigenvalue weighted by atomic mass is 9.78. The molecule has 0 aliphatic carbocycles. The molecular weight excluding hydrogens is 472 g/mol. The van der Waals surface area contributed by atoms with Gasteiger partial charge in [0.2, 0.25) is 11.7 Å². The van der Waals surface area contributed by atoms with Crippen LogP contribution in [0.4, 0.5) is 5.69 Å². The maximum Gasteiger partial charge on any atom is 0.254 e. The second kappa shape index (κ2) is 11.2. The standard InChI is InChI=1S/C29H32N2O6/c1-6-15-31-26(18-16-23(35-3)27(37-5)24(17-18)36-4)25(21-9-7-8-10-22(21)29(31)33)28(32)30-19-11-13-20(34-2)14-12-19/h7-14,16-17,25-26H,6,15H2,1-5H3,(H,30,32)/t25-,26+/m1/s1. The molecule has 0 saturated carbocycles. The molecule has 1 aliphatic rings. The quantitative estimate of drug-likeness (QED) is 0.439. The van der Waals surface area contributed by atoms with E-state index in [-0.39, 0.29) is 11.8 Å². The predicted octanol–water partition coefficient (Wildman–Crippen LogP) is 5.05. The highest BCUT2D eigenvalue weighted by atomic mass is 16.5. The SMILES string of the molecule is CCCN1C(=O)c2ccccc2[C@@H](C(=O)Nc2ccc(OC)cc2)[C@@H]1c1cc(OC)c(OC)c(OC)c1. The first-order valence-corrected chi connectivity index (χ1v) is 12.1. The van der Waals surface area contributed by atoms with E-state index in [1.165, 1.54) is 7.11 Å². The van der Waals surface area contributed by atoms with Crippen molar-refractivity contribution >= 4 is 17.5 Å². The van der Waals surface area contributed by atoms with Crippen LogP contribution in [0.25, 0.3) is 0 Å². The third-order valence-electron chi connectivity index (χ3n) is 6.57. The van der Waals surface area contributed by atoms with Gasteiger partial charge in [-0.2, -0.15) is 0 Å². The highest BCUT2D eigenvalue weighted by Gasteiger charge is 2.44. The predicted molar refractivity (Wildman–Crippen MR) is 141 cm³/mol. The number of fused-ring (bicyclic) bond motifs is 1. The van der Waals surface area contributed by atoms with Gasteiger partial charge < -0.3 is 29.2 Å². The highest BCUT2D eigenvalue weighted by Crippen LogP contribution is 2.47. The Kier molecular flexibility index (Phi) is 7.86. The lowest BCUT2D eigenvalue weighted by Crippen LogP contribution is -2.46. The van der Waals surface area contributed by atoms with Crippen molar-refractivity contribution in [3.05, 3.63) is 77.4 Å². The summed E-state index contributed by atoms with van der Waals surface area (Å²) >= 11 is 0. The number of anilines is 1. The minimum absolute atomic E-state index is 0.121. The Morgan fingerprint density at radius 1 is 0.892 bits per heavy atom. The molecule has 8 heteroatoms. The van der Waals surface area contributed by atoms with E-state index in [2.05, 4.69) is 5.32 Å². The van der Waals surface area contributed by atoms with E-state index in [4.69, 9.17) is 18.9 Å². The number of hydrogen-bond donors (Lipinski definition) is 1. The van der Waals surface area contributed by atoms with Gasteiger partial charge in [0.05, 0.1) is 40.4 Å². The zero-order valence-electron chi connectivity index (χ0n) is 21.7. The van der Waals surface area contributed by atoms with Crippen molar-refractivity contribution in [3.8, 4) is 23.0 Å². The molecule has 3 aromatic carbocycles. The van der Waals surface area contributed by atoms with Crippen molar-refractivity contribution in [3.63, 3.8) is 0 Å². The molecule has 2 amide bonds. The molecule has 194 valence electrons. The van der Waals surface area contributed by atoms with Crippen LogP contribution >= 0.6 is 0 Å². The van der Waals surface area contributed by atoms with E-state index in [9.17, 15) is 9.59 Å². The number of ether oxygens (including phenoxy) is 4. The van der Waals surface area contributed by atoms with Crippen LogP contribution in [0.15, 0.2) is 60.7 Å². The van der Waals surface area contributed by atoms with Gasteiger partial charge in [-0.25, -0.2) is 0 Å². The van der Waals surface area contributed by atoms with Crippen LogP contribution in [0.1, 0.15) is 46.8 Å². The Labute approximate surface area is 217 Å². The normalized spacial score (nSPS) is 16.6. The molecule has 0 spiro atoms. The van der Waals surface area contributed by atoms with Crippen LogP contribution in [0.2, 0.25) is 0 Å². The molecule has 37 heavy (non-hydrogen) atoms. The number of carbonyl (C=O) groups excluding carboxylic acids is 2. The first-order valence-electron chi connectivity index (χ1n) is 12.1. The molecule has 0 unspecified atom stereocenters. The van der Waals surface area contributed by atoms with Gasteiger partial charge in [0.15, 0.2) is 11.5 Å². The number of carbonyl (C=O) groups is 2. The highest BCUT2D eigenvalue weighted by molar-refractivity contribution is 6.04. The average Bonchev–Trinajstić information content (AvgIpc) is 2.93. The summed E-state index contributed by atoms with van der Waals surface area (Å²) in [5.74, 6) is 0.997. The number of amides is 2. The monoisotopic (exact) mass is 504 g/mol. The summed E-state index contributed by atoms with van der Waals surface area (Å²) in [6.07, 6.45) is 0.724. The summed E-state index contributed by atoms with van der Waals surface area (Å²) in [5.41, 5.74) is 2.53. The zero-order valence-corrected chi connectivity index (χ0v) is 21.7. The van der Waals surface area contributed by atoms with E-state index in [1.807, 2.05) is 37.3 Å². The molecule has 4 rings (SSSR count). The van der Waals surface area contributed by atoms with E-state index >= 15 is 0 Å². The van der Waals surface area contributed by atoms with Crippen LogP contribution < -0.4 is 24.3 Å². The van der Waals surface area contributed by atoms with Crippen molar-refractivity contribution in [1.29, 1.82) is 0 Å². The van der Waals surface area contributed by atoms with Gasteiger partial charge in [-0.3, -0.25) is 9.59 Å². The molecule has 0 fully saturated rings. The minimum atomic E-state index is -0.689. The van der Waals surface area contributed by atoms with Crippen molar-refractivity contribution in [1.82, 2.24) is 4.90 Å². The van der Waals surface area contributed by atoms with Gasteiger partial charge in [-0.05, 0) is 60.0 Å². The molecule has 3 aromatic rings. The van der Waals surface area contributed by atoms with Crippen LogP contribution in [0, 0.1) is 0 Å². The fraction of sp³-hybridized carbons (Fsp3) is 0.310. The van der Waals surface area contributed by atoms with Gasteiger partial charge in [-0.1, -0.05) is 25.1 Å². The van der Waals surface area contributed by atoms with Crippen LogP contribution in [-0.4, -0.2) is 51.7 Å². The summed E-state index contributed by atoms with van der Waals surface area (Å²) < 4.78 is 21.9. The average molecular weight is 505 g/mol. The van der Waals surface area contributed by atoms with Gasteiger partial charge in [-0.15, -0.1) is 0 Å². The van der Waals surface area contributed by atoms with E-state index in [1.54, 1.807) is 56.6 Å². The Balaban J connectivity index is 1.88. The summed E-state index contributed by atoms with van der Waals surface area (Å²) in [4.78, 5) is 29.5. The Morgan fingerprint density at radius 3 is 2.11 bits per heavy atom. The van der Waals surface area contributed by atoms with Crippen molar-refractivity contribution in [2.24, 2.45) is 0 Å². The number of nitrogens with one attached hydrogen (secondary N) is 1. The smallest absolute Gasteiger partial charge is 0.254 e. The van der Waals surface area contributed by atoms with Crippen molar-refractivity contribution < 1.29 is 28.5 Å². The molecule has 2 atom stereocenters. The Hall–Kier alpha value is -4.20. The fourth-order valence-corrected chi connectivity index (χ4v) is 4.90. The summed E-state index contributed by atoms with van der Waals surface area (Å²) in [5, 5.41) is 3.04. The van der Waals surface area contributed by atoms with Gasteiger partial charge in [0.1, 0.15) is 5.75 Å². The first kappa shape index (κ1) is 25.9. The third kappa shape index (κ3) is 4.91. The lowest BCUT2D eigenvalue weighted by molar-refractivity contribution is -0.119. The number of methoxy groups -OCH3 is 4. The van der Waals surface area contributed by atoms with Crippen molar-refractivity contribution in [2.45, 2.75) is 25.3 Å². The lowest BCUT2D eigenvalue weighted by Gasteiger charge is -2.42. The summed E-state index contributed by atoms with van der Waals surface area (Å²) in [6.45, 7) is 2.48. The van der Waals surface area contributed by atoms with E-state index in [0.717, 1.165) is 6.42 Å². The number of rotatable bonds is 9. The molecule has 8 nitrogen and oxygen atoms in total. The largest absolute Gasteiger partial charge is 0.497 e.